The largest absolute Gasteiger partial charge is 0.496 e. The molecule has 0 fully saturated rings. The van der Waals surface area contributed by atoms with Gasteiger partial charge in [0.15, 0.2) is 0 Å². The average Bonchev–Trinajstić information content (AvgIpc) is 3.27. The van der Waals surface area contributed by atoms with Gasteiger partial charge in [0.25, 0.3) is 5.91 Å². The van der Waals surface area contributed by atoms with Crippen molar-refractivity contribution in [1.82, 2.24) is 15.2 Å². The monoisotopic (exact) mass is 470 g/mol. The van der Waals surface area contributed by atoms with E-state index in [0.29, 0.717) is 24.5 Å². The van der Waals surface area contributed by atoms with E-state index in [-0.39, 0.29) is 36.9 Å². The van der Waals surface area contributed by atoms with Gasteiger partial charge < -0.3 is 19.7 Å². The number of hydrazone groups is 1. The van der Waals surface area contributed by atoms with E-state index in [1.807, 2.05) is 38.1 Å². The van der Waals surface area contributed by atoms with E-state index < -0.39 is 6.04 Å². The number of urea groups is 1. The molecule has 182 valence electrons. The van der Waals surface area contributed by atoms with Crippen LogP contribution in [0.25, 0.3) is 0 Å². The lowest BCUT2D eigenvalue weighted by molar-refractivity contribution is -0.133. The molecule has 34 heavy (non-hydrogen) atoms. The van der Waals surface area contributed by atoms with Gasteiger partial charge in [0, 0.05) is 31.7 Å². The predicted molar refractivity (Wildman–Crippen MR) is 127 cm³/mol. The Balaban J connectivity index is 1.92. The molecule has 0 saturated carbocycles. The van der Waals surface area contributed by atoms with Crippen LogP contribution in [0.3, 0.4) is 0 Å². The molecule has 2 aromatic rings. The van der Waals surface area contributed by atoms with Gasteiger partial charge >= 0.3 is 6.03 Å². The molecule has 0 spiro atoms. The Morgan fingerprint density at radius 2 is 1.88 bits per heavy atom. The minimum Gasteiger partial charge on any atom is -0.496 e. The number of ether oxygens (including phenoxy) is 2. The van der Waals surface area contributed by atoms with Crippen LogP contribution < -0.4 is 10.1 Å². The van der Waals surface area contributed by atoms with Crippen LogP contribution in [0.1, 0.15) is 37.4 Å². The topological polar surface area (TPSA) is 83.5 Å². The first kappa shape index (κ1) is 25.2. The van der Waals surface area contributed by atoms with Crippen molar-refractivity contribution >= 4 is 17.6 Å². The normalized spacial score (nSPS) is 15.3. The standard InChI is InChI=1S/C25H31FN4O4/c1-17(2)27-25(32)29(13-14-33-3)16-24(31)30-22(20-7-5-6-8-23(20)34-4)15-21(28-30)18-9-11-19(26)12-10-18/h5-12,17,22H,13-16H2,1-4H3,(H,27,32). The number of amides is 3. The Bertz CT molecular complexity index is 1030. The number of nitrogens with one attached hydrogen (secondary N) is 1. The van der Waals surface area contributed by atoms with Gasteiger partial charge in [-0.05, 0) is 37.6 Å². The predicted octanol–water partition coefficient (Wildman–Crippen LogP) is 3.58. The lowest BCUT2D eigenvalue weighted by atomic mass is 9.97. The second-order valence-electron chi connectivity index (χ2n) is 8.27. The van der Waals surface area contributed by atoms with Crippen LogP contribution in [0.15, 0.2) is 53.6 Å². The van der Waals surface area contributed by atoms with Crippen LogP contribution in [0, 0.1) is 5.82 Å². The molecule has 3 rings (SSSR count). The third-order valence-electron chi connectivity index (χ3n) is 5.43. The molecule has 1 atom stereocenters. The zero-order valence-corrected chi connectivity index (χ0v) is 20.0. The van der Waals surface area contributed by atoms with E-state index in [1.165, 1.54) is 29.2 Å². The van der Waals surface area contributed by atoms with E-state index in [1.54, 1.807) is 19.2 Å². The Morgan fingerprint density at radius 3 is 2.53 bits per heavy atom. The van der Waals surface area contributed by atoms with Crippen molar-refractivity contribution in [3.05, 3.63) is 65.5 Å². The summed E-state index contributed by atoms with van der Waals surface area (Å²) in [6.07, 6.45) is 0.425. The first-order valence-corrected chi connectivity index (χ1v) is 11.2. The highest BCUT2D eigenvalue weighted by Crippen LogP contribution is 2.37. The van der Waals surface area contributed by atoms with Crippen molar-refractivity contribution in [3.8, 4) is 5.75 Å². The van der Waals surface area contributed by atoms with Gasteiger partial charge in [0.2, 0.25) is 0 Å². The summed E-state index contributed by atoms with van der Waals surface area (Å²) in [5.74, 6) is -0.0563. The second kappa shape index (κ2) is 11.6. The highest BCUT2D eigenvalue weighted by atomic mass is 19.1. The van der Waals surface area contributed by atoms with Crippen molar-refractivity contribution in [2.45, 2.75) is 32.4 Å². The van der Waals surface area contributed by atoms with Crippen molar-refractivity contribution in [2.75, 3.05) is 33.9 Å². The maximum Gasteiger partial charge on any atom is 0.318 e. The van der Waals surface area contributed by atoms with Crippen molar-refractivity contribution in [1.29, 1.82) is 0 Å². The molecule has 0 aliphatic carbocycles. The van der Waals surface area contributed by atoms with Gasteiger partial charge in [0.1, 0.15) is 18.1 Å². The van der Waals surface area contributed by atoms with Gasteiger partial charge in [-0.25, -0.2) is 14.2 Å². The van der Waals surface area contributed by atoms with Crippen molar-refractivity contribution in [3.63, 3.8) is 0 Å². The number of para-hydroxylation sites is 1. The smallest absolute Gasteiger partial charge is 0.318 e. The first-order valence-electron chi connectivity index (χ1n) is 11.2. The number of hydrogen-bond donors (Lipinski definition) is 1. The van der Waals surface area contributed by atoms with Gasteiger partial charge in [-0.15, -0.1) is 0 Å². The molecule has 1 aliphatic heterocycles. The molecule has 9 heteroatoms. The Hall–Kier alpha value is -3.46. The van der Waals surface area contributed by atoms with Gasteiger partial charge in [-0.2, -0.15) is 5.10 Å². The van der Waals surface area contributed by atoms with Gasteiger partial charge in [0.05, 0.1) is 25.5 Å². The summed E-state index contributed by atoms with van der Waals surface area (Å²) in [5.41, 5.74) is 2.18. The molecule has 1 heterocycles. The molecule has 0 radical (unpaired) electrons. The Labute approximate surface area is 199 Å². The molecule has 0 aromatic heterocycles. The van der Waals surface area contributed by atoms with Crippen LogP contribution in [-0.4, -0.2) is 67.5 Å². The second-order valence-corrected chi connectivity index (χ2v) is 8.27. The third-order valence-corrected chi connectivity index (χ3v) is 5.43. The highest BCUT2D eigenvalue weighted by Gasteiger charge is 2.35. The van der Waals surface area contributed by atoms with Gasteiger partial charge in [-0.3, -0.25) is 4.79 Å². The zero-order valence-electron chi connectivity index (χ0n) is 20.0. The summed E-state index contributed by atoms with van der Waals surface area (Å²) in [6, 6.07) is 12.6. The lowest BCUT2D eigenvalue weighted by Gasteiger charge is -2.28. The fourth-order valence-electron chi connectivity index (χ4n) is 3.77. The molecule has 1 N–H and O–H groups in total. The number of rotatable bonds is 9. The molecule has 1 unspecified atom stereocenters. The maximum atomic E-state index is 13.5. The number of hydrogen-bond acceptors (Lipinski definition) is 5. The van der Waals surface area contributed by atoms with Gasteiger partial charge in [-0.1, -0.05) is 30.3 Å². The maximum absolute atomic E-state index is 13.5. The summed E-state index contributed by atoms with van der Waals surface area (Å²) in [7, 11) is 3.11. The number of benzene rings is 2. The SMILES string of the molecule is COCCN(CC(=O)N1N=C(c2ccc(F)cc2)CC1c1ccccc1OC)C(=O)NC(C)C. The van der Waals surface area contributed by atoms with E-state index in [0.717, 1.165) is 11.1 Å². The third kappa shape index (κ3) is 6.11. The molecule has 0 bridgehead atoms. The Morgan fingerprint density at radius 1 is 1.18 bits per heavy atom. The highest BCUT2D eigenvalue weighted by molar-refractivity contribution is 6.03. The van der Waals surface area contributed by atoms with E-state index in [2.05, 4.69) is 10.4 Å². The number of carbonyl (C=O) groups is 2. The van der Waals surface area contributed by atoms with Crippen molar-refractivity contribution in [2.24, 2.45) is 5.10 Å². The summed E-state index contributed by atoms with van der Waals surface area (Å²) in [4.78, 5) is 27.6. The number of halogens is 1. The fourth-order valence-corrected chi connectivity index (χ4v) is 3.77. The first-order chi connectivity index (χ1) is 16.3. The summed E-state index contributed by atoms with van der Waals surface area (Å²) in [5, 5.41) is 8.83. The Kier molecular flexibility index (Phi) is 8.59. The van der Waals surface area contributed by atoms with E-state index in [4.69, 9.17) is 9.47 Å². The molecule has 0 saturated heterocycles. The molecular formula is C25H31FN4O4. The number of carbonyl (C=O) groups excluding carboxylic acids is 2. The number of methoxy groups -OCH3 is 2. The minimum absolute atomic E-state index is 0.0798. The summed E-state index contributed by atoms with van der Waals surface area (Å²) in [6.45, 7) is 4.08. The zero-order chi connectivity index (χ0) is 24.7. The van der Waals surface area contributed by atoms with E-state index >= 15 is 0 Å². The van der Waals surface area contributed by atoms with Crippen LogP contribution in [0.2, 0.25) is 0 Å². The van der Waals surface area contributed by atoms with Crippen LogP contribution >= 0.6 is 0 Å². The molecule has 8 nitrogen and oxygen atoms in total. The lowest BCUT2D eigenvalue weighted by Crippen LogP contribution is -2.48. The molecule has 2 aromatic carbocycles. The van der Waals surface area contributed by atoms with Crippen LogP contribution in [-0.2, 0) is 9.53 Å². The van der Waals surface area contributed by atoms with Crippen LogP contribution in [0.4, 0.5) is 9.18 Å². The fraction of sp³-hybridized carbons (Fsp3) is 0.400. The molecule has 3 amide bonds. The summed E-state index contributed by atoms with van der Waals surface area (Å²) < 4.78 is 24.1. The van der Waals surface area contributed by atoms with Crippen molar-refractivity contribution < 1.29 is 23.5 Å². The van der Waals surface area contributed by atoms with Crippen LogP contribution in [0.5, 0.6) is 5.75 Å². The quantitative estimate of drug-likeness (QED) is 0.607. The molecule has 1 aliphatic rings. The number of nitrogens with zero attached hydrogens (tertiary/aromatic N) is 3. The average molecular weight is 471 g/mol. The minimum atomic E-state index is -0.430. The van der Waals surface area contributed by atoms with E-state index in [9.17, 15) is 14.0 Å². The summed E-state index contributed by atoms with van der Waals surface area (Å²) >= 11 is 0. The molecular weight excluding hydrogens is 439 g/mol.